The normalized spacial score (nSPS) is 14.4. The molecule has 2 atom stereocenters. The van der Waals surface area contributed by atoms with Gasteiger partial charge in [-0.25, -0.2) is 0 Å². The van der Waals surface area contributed by atoms with E-state index in [-0.39, 0.29) is 6.61 Å². The Hall–Kier alpha value is -0.940. The van der Waals surface area contributed by atoms with Crippen LogP contribution in [0.1, 0.15) is 18.5 Å². The van der Waals surface area contributed by atoms with Crippen LogP contribution in [0.5, 0.6) is 0 Å². The third-order valence-electron chi connectivity index (χ3n) is 3.61. The lowest BCUT2D eigenvalue weighted by atomic mass is 9.94. The molecule has 0 radical (unpaired) electrons. The second-order valence-electron chi connectivity index (χ2n) is 5.17. The first-order valence-electron chi connectivity index (χ1n) is 7.27. The Labute approximate surface area is 122 Å². The number of aliphatic hydroxyl groups excluding tert-OH is 1. The van der Waals surface area contributed by atoms with Crippen LogP contribution >= 0.6 is 0 Å². The fraction of sp³-hybridized carbons (Fsp3) is 0.625. The average Bonchev–Trinajstić information content (AvgIpc) is 2.47. The van der Waals surface area contributed by atoms with E-state index in [1.165, 1.54) is 5.56 Å². The van der Waals surface area contributed by atoms with Crippen molar-refractivity contribution in [3.8, 4) is 0 Å². The molecular weight excluding hydrogens is 252 g/mol. The van der Waals surface area contributed by atoms with Crippen LogP contribution in [0.4, 0.5) is 0 Å². The van der Waals surface area contributed by atoms with Crippen molar-refractivity contribution in [3.63, 3.8) is 0 Å². The minimum atomic E-state index is 0.186. The van der Waals surface area contributed by atoms with E-state index in [9.17, 15) is 0 Å². The highest BCUT2D eigenvalue weighted by Gasteiger charge is 2.19. The molecule has 0 aliphatic rings. The highest BCUT2D eigenvalue weighted by Crippen LogP contribution is 2.22. The summed E-state index contributed by atoms with van der Waals surface area (Å²) in [5, 5.41) is 12.6. The van der Waals surface area contributed by atoms with Crippen LogP contribution in [-0.4, -0.2) is 57.0 Å². The molecule has 0 bridgehead atoms. The van der Waals surface area contributed by atoms with E-state index >= 15 is 0 Å². The number of nitrogens with one attached hydrogen (secondary N) is 1. The average molecular weight is 280 g/mol. The van der Waals surface area contributed by atoms with Gasteiger partial charge in [-0.15, -0.1) is 0 Å². The number of nitrogens with zero attached hydrogens (tertiary/aromatic N) is 1. The molecule has 1 rings (SSSR count). The van der Waals surface area contributed by atoms with Gasteiger partial charge in [-0.1, -0.05) is 37.3 Å². The molecule has 0 amide bonds. The van der Waals surface area contributed by atoms with Crippen molar-refractivity contribution in [1.29, 1.82) is 0 Å². The Kier molecular flexibility index (Phi) is 8.46. The summed E-state index contributed by atoms with van der Waals surface area (Å²) in [5.74, 6) is 0.450. The highest BCUT2D eigenvalue weighted by atomic mass is 16.5. The smallest absolute Gasteiger partial charge is 0.0589 e. The molecule has 0 saturated heterocycles. The molecule has 2 N–H and O–H groups in total. The van der Waals surface area contributed by atoms with Crippen LogP contribution in [0.3, 0.4) is 0 Å². The molecule has 0 heterocycles. The van der Waals surface area contributed by atoms with Crippen molar-refractivity contribution in [2.24, 2.45) is 5.92 Å². The summed E-state index contributed by atoms with van der Waals surface area (Å²) >= 11 is 0. The largest absolute Gasteiger partial charge is 0.395 e. The van der Waals surface area contributed by atoms with Crippen molar-refractivity contribution in [1.82, 2.24) is 10.2 Å². The number of hydrogen-bond acceptors (Lipinski definition) is 4. The summed E-state index contributed by atoms with van der Waals surface area (Å²) < 4.78 is 5.13. The third kappa shape index (κ3) is 5.59. The molecule has 0 aromatic heterocycles. The Morgan fingerprint density at radius 3 is 2.50 bits per heavy atom. The second-order valence-corrected chi connectivity index (χ2v) is 5.17. The van der Waals surface area contributed by atoms with E-state index < -0.39 is 0 Å². The quantitative estimate of drug-likeness (QED) is 0.682. The van der Waals surface area contributed by atoms with Crippen molar-refractivity contribution >= 4 is 0 Å². The third-order valence-corrected chi connectivity index (χ3v) is 3.61. The van der Waals surface area contributed by atoms with Crippen LogP contribution in [-0.2, 0) is 4.74 Å². The summed E-state index contributed by atoms with van der Waals surface area (Å²) in [7, 11) is 3.71. The minimum absolute atomic E-state index is 0.186. The molecule has 1 aromatic carbocycles. The fourth-order valence-electron chi connectivity index (χ4n) is 2.61. The number of aliphatic hydroxyl groups is 1. The fourth-order valence-corrected chi connectivity index (χ4v) is 2.61. The minimum Gasteiger partial charge on any atom is -0.395 e. The van der Waals surface area contributed by atoms with Crippen LogP contribution in [0, 0.1) is 5.92 Å². The molecule has 0 saturated carbocycles. The van der Waals surface area contributed by atoms with Gasteiger partial charge in [0.2, 0.25) is 0 Å². The van der Waals surface area contributed by atoms with Gasteiger partial charge in [0, 0.05) is 32.8 Å². The van der Waals surface area contributed by atoms with Crippen molar-refractivity contribution < 1.29 is 9.84 Å². The number of rotatable bonds is 10. The molecule has 0 aliphatic heterocycles. The van der Waals surface area contributed by atoms with Gasteiger partial charge in [0.25, 0.3) is 0 Å². The SMILES string of the molecule is CNC(c1ccccc1)C(C)CN(CCO)CCOC. The number of hydrogen-bond donors (Lipinski definition) is 2. The molecule has 4 nitrogen and oxygen atoms in total. The summed E-state index contributed by atoms with van der Waals surface area (Å²) in [4.78, 5) is 2.25. The van der Waals surface area contributed by atoms with E-state index in [0.29, 0.717) is 25.1 Å². The van der Waals surface area contributed by atoms with E-state index in [4.69, 9.17) is 9.84 Å². The lowest BCUT2D eigenvalue weighted by Crippen LogP contribution is -2.38. The maximum Gasteiger partial charge on any atom is 0.0589 e. The topological polar surface area (TPSA) is 44.7 Å². The molecule has 4 heteroatoms. The van der Waals surface area contributed by atoms with Gasteiger partial charge in [-0.3, -0.25) is 4.90 Å². The zero-order valence-corrected chi connectivity index (χ0v) is 12.9. The molecule has 0 fully saturated rings. The zero-order valence-electron chi connectivity index (χ0n) is 12.9. The van der Waals surface area contributed by atoms with Gasteiger partial charge >= 0.3 is 0 Å². The Bertz CT molecular complexity index is 346. The maximum atomic E-state index is 9.16. The number of ether oxygens (including phenoxy) is 1. The molecule has 2 unspecified atom stereocenters. The summed E-state index contributed by atoms with van der Waals surface area (Å²) in [6, 6.07) is 10.8. The van der Waals surface area contributed by atoms with Crippen molar-refractivity contribution in [2.45, 2.75) is 13.0 Å². The van der Waals surface area contributed by atoms with Crippen molar-refractivity contribution in [2.75, 3.05) is 47.0 Å². The molecule has 1 aromatic rings. The molecule has 0 aliphatic carbocycles. The Morgan fingerprint density at radius 1 is 1.25 bits per heavy atom. The van der Waals surface area contributed by atoms with Gasteiger partial charge in [-0.05, 0) is 18.5 Å². The van der Waals surface area contributed by atoms with Crippen LogP contribution in [0.2, 0.25) is 0 Å². The van der Waals surface area contributed by atoms with E-state index in [1.807, 2.05) is 13.1 Å². The van der Waals surface area contributed by atoms with Crippen LogP contribution < -0.4 is 5.32 Å². The lowest BCUT2D eigenvalue weighted by Gasteiger charge is -2.30. The van der Waals surface area contributed by atoms with Gasteiger partial charge in [-0.2, -0.15) is 0 Å². The van der Waals surface area contributed by atoms with Crippen LogP contribution in [0.15, 0.2) is 30.3 Å². The van der Waals surface area contributed by atoms with Crippen molar-refractivity contribution in [3.05, 3.63) is 35.9 Å². The highest BCUT2D eigenvalue weighted by molar-refractivity contribution is 5.19. The van der Waals surface area contributed by atoms with Gasteiger partial charge < -0.3 is 15.2 Å². The van der Waals surface area contributed by atoms with Gasteiger partial charge in [0.1, 0.15) is 0 Å². The first kappa shape index (κ1) is 17.1. The first-order valence-corrected chi connectivity index (χ1v) is 7.27. The van der Waals surface area contributed by atoms with Gasteiger partial charge in [0.15, 0.2) is 0 Å². The Morgan fingerprint density at radius 2 is 1.95 bits per heavy atom. The zero-order chi connectivity index (χ0) is 14.8. The molecule has 0 spiro atoms. The number of benzene rings is 1. The van der Waals surface area contributed by atoms with Gasteiger partial charge in [0.05, 0.1) is 13.2 Å². The summed E-state index contributed by atoms with van der Waals surface area (Å²) in [6.07, 6.45) is 0. The van der Waals surface area contributed by atoms with Crippen LogP contribution in [0.25, 0.3) is 0 Å². The summed E-state index contributed by atoms with van der Waals surface area (Å²) in [6.45, 7) is 5.61. The monoisotopic (exact) mass is 280 g/mol. The number of methoxy groups -OCH3 is 1. The second kappa shape index (κ2) is 9.88. The van der Waals surface area contributed by atoms with E-state index in [2.05, 4.69) is 41.4 Å². The lowest BCUT2D eigenvalue weighted by molar-refractivity contribution is 0.116. The first-order chi connectivity index (χ1) is 9.72. The molecular formula is C16H28N2O2. The standard InChI is InChI=1S/C16H28N2O2/c1-14(13-18(9-11-19)10-12-20-3)16(17-2)15-7-5-4-6-8-15/h4-8,14,16-17,19H,9-13H2,1-3H3. The van der Waals surface area contributed by atoms with E-state index in [1.54, 1.807) is 7.11 Å². The maximum absolute atomic E-state index is 9.16. The molecule has 20 heavy (non-hydrogen) atoms. The molecule has 114 valence electrons. The summed E-state index contributed by atoms with van der Waals surface area (Å²) in [5.41, 5.74) is 1.30. The Balaban J connectivity index is 2.62. The predicted octanol–water partition coefficient (Wildman–Crippen LogP) is 1.52. The predicted molar refractivity (Wildman–Crippen MR) is 82.8 cm³/mol. The van der Waals surface area contributed by atoms with E-state index in [0.717, 1.165) is 13.1 Å².